The van der Waals surface area contributed by atoms with Gasteiger partial charge in [0.15, 0.2) is 18.2 Å². The van der Waals surface area contributed by atoms with Gasteiger partial charge in [-0.2, -0.15) is 4.31 Å². The summed E-state index contributed by atoms with van der Waals surface area (Å²) < 4.78 is 55.8. The second-order valence-electron chi connectivity index (χ2n) is 6.69. The molecule has 0 spiro atoms. The van der Waals surface area contributed by atoms with Gasteiger partial charge in [0.2, 0.25) is 10.0 Å². The molecule has 2 heterocycles. The molecule has 0 radical (unpaired) electrons. The molecule has 1 aromatic carbocycles. The molecular weight excluding hydrogens is 407 g/mol. The summed E-state index contributed by atoms with van der Waals surface area (Å²) in [5.41, 5.74) is 0. The first kappa shape index (κ1) is 21.5. The van der Waals surface area contributed by atoms with E-state index in [0.717, 1.165) is 18.6 Å². The van der Waals surface area contributed by atoms with Crippen LogP contribution in [0.2, 0.25) is 0 Å². The fourth-order valence-electron chi connectivity index (χ4n) is 3.23. The van der Waals surface area contributed by atoms with Crippen LogP contribution in [0.4, 0.5) is 4.39 Å². The number of halogens is 1. The van der Waals surface area contributed by atoms with E-state index in [0.29, 0.717) is 13.0 Å². The molecule has 2 saturated heterocycles. The minimum atomic E-state index is -3.93. The normalized spacial score (nSPS) is 20.5. The van der Waals surface area contributed by atoms with Gasteiger partial charge in [0.1, 0.15) is 6.10 Å². The number of ether oxygens (including phenoxy) is 3. The van der Waals surface area contributed by atoms with Crippen molar-refractivity contribution in [3.05, 3.63) is 24.0 Å². The van der Waals surface area contributed by atoms with Gasteiger partial charge in [0.05, 0.1) is 12.0 Å². The van der Waals surface area contributed by atoms with Gasteiger partial charge in [0.25, 0.3) is 5.91 Å². The third-order valence-electron chi connectivity index (χ3n) is 4.87. The SMILES string of the molecule is COC(=O)COc1ccc(S(=O)(=O)N2CCN(C(=O)[C@H]3CCCO3)CC2)cc1F. The van der Waals surface area contributed by atoms with E-state index in [-0.39, 0.29) is 42.7 Å². The second kappa shape index (κ2) is 9.06. The van der Waals surface area contributed by atoms with Crippen molar-refractivity contribution in [2.75, 3.05) is 46.5 Å². The number of carbonyl (C=O) groups excluding carboxylic acids is 2. The summed E-state index contributed by atoms with van der Waals surface area (Å²) in [6.45, 7) is 0.809. The van der Waals surface area contributed by atoms with Crippen LogP contribution in [-0.4, -0.2) is 82.1 Å². The van der Waals surface area contributed by atoms with E-state index in [9.17, 15) is 22.4 Å². The van der Waals surface area contributed by atoms with Crippen LogP contribution >= 0.6 is 0 Å². The third kappa shape index (κ3) is 4.85. The molecule has 0 saturated carbocycles. The molecule has 9 nitrogen and oxygen atoms in total. The Labute approximate surface area is 168 Å². The van der Waals surface area contributed by atoms with Gasteiger partial charge in [0, 0.05) is 32.8 Å². The number of amides is 1. The zero-order valence-electron chi connectivity index (χ0n) is 16.0. The topological polar surface area (TPSA) is 102 Å². The molecule has 0 unspecified atom stereocenters. The van der Waals surface area contributed by atoms with Crippen LogP contribution in [-0.2, 0) is 29.1 Å². The van der Waals surface area contributed by atoms with Crippen LogP contribution < -0.4 is 4.74 Å². The average Bonchev–Trinajstić information content (AvgIpc) is 3.27. The predicted molar refractivity (Wildman–Crippen MR) is 98.2 cm³/mol. The molecule has 2 fully saturated rings. The molecule has 1 atom stereocenters. The molecule has 0 bridgehead atoms. The number of carbonyl (C=O) groups is 2. The zero-order chi connectivity index (χ0) is 21.0. The fourth-order valence-corrected chi connectivity index (χ4v) is 4.66. The van der Waals surface area contributed by atoms with Crippen molar-refractivity contribution in [3.8, 4) is 5.75 Å². The second-order valence-corrected chi connectivity index (χ2v) is 8.63. The maximum absolute atomic E-state index is 14.2. The Bertz CT molecular complexity index is 863. The van der Waals surface area contributed by atoms with E-state index in [2.05, 4.69) is 4.74 Å². The van der Waals surface area contributed by atoms with E-state index in [1.165, 1.54) is 17.5 Å². The van der Waals surface area contributed by atoms with Crippen molar-refractivity contribution < 1.29 is 36.6 Å². The summed E-state index contributed by atoms with van der Waals surface area (Å²) in [5.74, 6) is -1.95. The van der Waals surface area contributed by atoms with Crippen LogP contribution in [0, 0.1) is 5.82 Å². The Morgan fingerprint density at radius 3 is 2.55 bits per heavy atom. The predicted octanol–water partition coefficient (Wildman–Crippen LogP) is 0.389. The highest BCUT2D eigenvalue weighted by Gasteiger charge is 2.34. The summed E-state index contributed by atoms with van der Waals surface area (Å²) in [6, 6.07) is 3.23. The van der Waals surface area contributed by atoms with Gasteiger partial charge in [-0.05, 0) is 31.0 Å². The van der Waals surface area contributed by atoms with Crippen molar-refractivity contribution in [1.29, 1.82) is 0 Å². The minimum absolute atomic E-state index is 0.113. The monoisotopic (exact) mass is 430 g/mol. The summed E-state index contributed by atoms with van der Waals surface area (Å²) in [6.07, 6.45) is 1.08. The average molecular weight is 430 g/mol. The Morgan fingerprint density at radius 1 is 1.24 bits per heavy atom. The van der Waals surface area contributed by atoms with Gasteiger partial charge >= 0.3 is 5.97 Å². The molecule has 0 N–H and O–H groups in total. The zero-order valence-corrected chi connectivity index (χ0v) is 16.8. The highest BCUT2D eigenvalue weighted by Crippen LogP contribution is 2.25. The molecule has 2 aliphatic rings. The number of nitrogens with zero attached hydrogens (tertiary/aromatic N) is 2. The molecular formula is C18H23FN2O7S. The van der Waals surface area contributed by atoms with Crippen LogP contribution in [0.1, 0.15) is 12.8 Å². The molecule has 0 aliphatic carbocycles. The Hall–Kier alpha value is -2.24. The van der Waals surface area contributed by atoms with E-state index < -0.39 is 34.5 Å². The van der Waals surface area contributed by atoms with Gasteiger partial charge in [-0.25, -0.2) is 17.6 Å². The molecule has 29 heavy (non-hydrogen) atoms. The maximum atomic E-state index is 14.2. The molecule has 11 heteroatoms. The van der Waals surface area contributed by atoms with E-state index in [1.807, 2.05) is 0 Å². The van der Waals surface area contributed by atoms with Crippen LogP contribution in [0.25, 0.3) is 0 Å². The number of piperazine rings is 1. The van der Waals surface area contributed by atoms with E-state index in [1.54, 1.807) is 4.90 Å². The standard InChI is InChI=1S/C18H23FN2O7S/c1-26-17(22)12-28-15-5-4-13(11-14(15)19)29(24,25)21-8-6-20(7-9-21)18(23)16-3-2-10-27-16/h4-5,11,16H,2-3,6-10,12H2,1H3/t16-/m1/s1. The maximum Gasteiger partial charge on any atom is 0.343 e. The first-order chi connectivity index (χ1) is 13.8. The molecule has 1 amide bonds. The lowest BCUT2D eigenvalue weighted by atomic mass is 10.2. The summed E-state index contributed by atoms with van der Waals surface area (Å²) >= 11 is 0. The lowest BCUT2D eigenvalue weighted by Gasteiger charge is -2.35. The molecule has 160 valence electrons. The highest BCUT2D eigenvalue weighted by molar-refractivity contribution is 7.89. The first-order valence-corrected chi connectivity index (χ1v) is 10.7. The Kier molecular flexibility index (Phi) is 6.70. The smallest absolute Gasteiger partial charge is 0.343 e. The van der Waals surface area contributed by atoms with Crippen molar-refractivity contribution in [1.82, 2.24) is 9.21 Å². The third-order valence-corrected chi connectivity index (χ3v) is 6.76. The first-order valence-electron chi connectivity index (χ1n) is 9.22. The number of rotatable bonds is 6. The van der Waals surface area contributed by atoms with E-state index >= 15 is 0 Å². The van der Waals surface area contributed by atoms with Crippen molar-refractivity contribution in [2.45, 2.75) is 23.8 Å². The van der Waals surface area contributed by atoms with Crippen LogP contribution in [0.3, 0.4) is 0 Å². The number of sulfonamides is 1. The highest BCUT2D eigenvalue weighted by atomic mass is 32.2. The van der Waals surface area contributed by atoms with Gasteiger partial charge in [-0.3, -0.25) is 4.79 Å². The summed E-state index contributed by atoms with van der Waals surface area (Å²) in [5, 5.41) is 0. The van der Waals surface area contributed by atoms with Crippen LogP contribution in [0.5, 0.6) is 5.75 Å². The minimum Gasteiger partial charge on any atom is -0.479 e. The summed E-state index contributed by atoms with van der Waals surface area (Å²) in [7, 11) is -2.76. The van der Waals surface area contributed by atoms with Crippen molar-refractivity contribution in [3.63, 3.8) is 0 Å². The number of hydrogen-bond acceptors (Lipinski definition) is 7. The van der Waals surface area contributed by atoms with E-state index in [4.69, 9.17) is 9.47 Å². The number of esters is 1. The van der Waals surface area contributed by atoms with Crippen LogP contribution in [0.15, 0.2) is 23.1 Å². The number of benzene rings is 1. The Morgan fingerprint density at radius 2 is 1.97 bits per heavy atom. The fraction of sp³-hybridized carbons (Fsp3) is 0.556. The van der Waals surface area contributed by atoms with Gasteiger partial charge in [-0.15, -0.1) is 0 Å². The van der Waals surface area contributed by atoms with Gasteiger partial charge in [-0.1, -0.05) is 0 Å². The molecule has 2 aliphatic heterocycles. The Balaban J connectivity index is 1.63. The van der Waals surface area contributed by atoms with Gasteiger partial charge < -0.3 is 19.1 Å². The van der Waals surface area contributed by atoms with Crippen molar-refractivity contribution in [2.24, 2.45) is 0 Å². The number of hydrogen-bond donors (Lipinski definition) is 0. The summed E-state index contributed by atoms with van der Waals surface area (Å²) in [4.78, 5) is 24.8. The molecule has 3 rings (SSSR count). The number of methoxy groups -OCH3 is 1. The quantitative estimate of drug-likeness (QED) is 0.602. The largest absolute Gasteiger partial charge is 0.479 e. The molecule has 1 aromatic rings. The lowest BCUT2D eigenvalue weighted by Crippen LogP contribution is -2.52. The molecule has 0 aromatic heterocycles. The lowest BCUT2D eigenvalue weighted by molar-refractivity contribution is -0.143. The van der Waals surface area contributed by atoms with Crippen molar-refractivity contribution >= 4 is 21.9 Å².